The molecule has 0 saturated heterocycles. The summed E-state index contributed by atoms with van der Waals surface area (Å²) < 4.78 is -2.24. The fourth-order valence-corrected chi connectivity index (χ4v) is 2.41. The summed E-state index contributed by atoms with van der Waals surface area (Å²) in [6.45, 7) is 2.46. The molecule has 0 bridgehead atoms. The van der Waals surface area contributed by atoms with Gasteiger partial charge in [0.25, 0.3) is 0 Å². The van der Waals surface area contributed by atoms with Gasteiger partial charge in [-0.15, -0.1) is 0 Å². The number of hydrogen-bond donors (Lipinski definition) is 2. The molecule has 134 valence electrons. The zero-order chi connectivity index (χ0) is 18.5. The van der Waals surface area contributed by atoms with E-state index in [0.29, 0.717) is 11.7 Å². The number of aliphatic hydroxyl groups excluding tert-OH is 1. The van der Waals surface area contributed by atoms with Crippen molar-refractivity contribution in [2.24, 2.45) is 0 Å². The van der Waals surface area contributed by atoms with Gasteiger partial charge in [0, 0.05) is 26.3 Å². The van der Waals surface area contributed by atoms with E-state index < -0.39 is 20.5 Å². The lowest BCUT2D eigenvalue weighted by molar-refractivity contribution is -0.438. The van der Waals surface area contributed by atoms with Crippen LogP contribution in [0.2, 0.25) is 5.15 Å². The summed E-state index contributed by atoms with van der Waals surface area (Å²) in [6, 6.07) is 3.35. The number of pyridine rings is 1. The highest BCUT2D eigenvalue weighted by molar-refractivity contribution is 6.68. The summed E-state index contributed by atoms with van der Waals surface area (Å²) in [4.78, 5) is 16.2. The summed E-state index contributed by atoms with van der Waals surface area (Å²) in [5.74, 6) is 0.0382. The van der Waals surface area contributed by atoms with Gasteiger partial charge >= 0.3 is 5.70 Å². The number of aromatic nitrogens is 1. The first-order valence-corrected chi connectivity index (χ1v) is 8.29. The normalized spacial score (nSPS) is 14.0. The Bertz CT molecular complexity index is 604. The van der Waals surface area contributed by atoms with E-state index in [-0.39, 0.29) is 12.4 Å². The molecule has 11 heteroatoms. The van der Waals surface area contributed by atoms with Gasteiger partial charge < -0.3 is 15.3 Å². The van der Waals surface area contributed by atoms with Crippen molar-refractivity contribution in [3.8, 4) is 0 Å². The molecule has 1 unspecified atom stereocenters. The molecule has 1 aromatic rings. The Kier molecular flexibility index (Phi) is 7.82. The molecular weight excluding hydrogens is 402 g/mol. The lowest BCUT2D eigenvalue weighted by Gasteiger charge is -2.27. The van der Waals surface area contributed by atoms with Crippen LogP contribution in [0.4, 0.5) is 0 Å². The van der Waals surface area contributed by atoms with Crippen molar-refractivity contribution in [1.82, 2.24) is 15.2 Å². The smallest absolute Gasteiger partial charge is 0.318 e. The Balaban J connectivity index is 3.28. The van der Waals surface area contributed by atoms with Crippen molar-refractivity contribution in [3.63, 3.8) is 0 Å². The quantitative estimate of drug-likeness (QED) is 0.306. The summed E-state index contributed by atoms with van der Waals surface area (Å²) >= 11 is 22.6. The Hall–Kier alpha value is -0.990. The van der Waals surface area contributed by atoms with Crippen LogP contribution >= 0.6 is 46.4 Å². The third-order valence-electron chi connectivity index (χ3n) is 3.11. The van der Waals surface area contributed by atoms with Crippen LogP contribution in [-0.4, -0.2) is 43.4 Å². The van der Waals surface area contributed by atoms with E-state index in [4.69, 9.17) is 46.4 Å². The predicted molar refractivity (Wildman–Crippen MR) is 94.7 cm³/mol. The Morgan fingerprint density at radius 2 is 2.12 bits per heavy atom. The van der Waals surface area contributed by atoms with Gasteiger partial charge in [-0.3, -0.25) is 10.1 Å². The largest absolute Gasteiger partial charge is 0.378 e. The van der Waals surface area contributed by atoms with Crippen molar-refractivity contribution in [1.29, 1.82) is 0 Å². The van der Waals surface area contributed by atoms with Gasteiger partial charge in [-0.2, -0.15) is 0 Å². The van der Waals surface area contributed by atoms with Crippen LogP contribution in [-0.2, 0) is 6.54 Å². The molecule has 0 aliphatic heterocycles. The summed E-state index contributed by atoms with van der Waals surface area (Å²) in [6.07, 6.45) is -0.368. The van der Waals surface area contributed by atoms with E-state index in [9.17, 15) is 15.2 Å². The number of nitrogens with zero attached hydrogens (tertiary/aromatic N) is 3. The summed E-state index contributed by atoms with van der Waals surface area (Å²) in [5.41, 5.74) is 0.126. The second-order valence-electron chi connectivity index (χ2n) is 4.69. The molecular formula is C13H16Cl4N4O3. The maximum absolute atomic E-state index is 11.4. The number of nitro groups is 1. The predicted octanol–water partition coefficient (Wildman–Crippen LogP) is 2.95. The van der Waals surface area contributed by atoms with E-state index in [1.807, 2.05) is 0 Å². The molecule has 2 N–H and O–H groups in total. The topological polar surface area (TPSA) is 91.5 Å². The first-order valence-electron chi connectivity index (χ1n) is 6.78. The highest BCUT2D eigenvalue weighted by atomic mass is 35.6. The van der Waals surface area contributed by atoms with E-state index in [2.05, 4.69) is 10.3 Å². The fourth-order valence-electron chi connectivity index (χ4n) is 1.99. The van der Waals surface area contributed by atoms with Crippen LogP contribution in [0.15, 0.2) is 29.8 Å². The van der Waals surface area contributed by atoms with Crippen molar-refractivity contribution in [2.75, 3.05) is 13.6 Å². The van der Waals surface area contributed by atoms with Gasteiger partial charge in [0.15, 0.2) is 11.9 Å². The Labute approximate surface area is 159 Å². The minimum atomic E-state index is -2.24. The number of aliphatic hydroxyl groups is 1. The van der Waals surface area contributed by atoms with Gasteiger partial charge in [0.1, 0.15) is 5.15 Å². The second-order valence-corrected chi connectivity index (χ2v) is 7.44. The minimum absolute atomic E-state index is 0.0382. The lowest BCUT2D eigenvalue weighted by atomic mass is 10.2. The highest BCUT2D eigenvalue weighted by Gasteiger charge is 2.43. The number of hydrogen-bond acceptors (Lipinski definition) is 6. The number of nitrogens with one attached hydrogen (secondary N) is 1. The second kappa shape index (κ2) is 8.92. The van der Waals surface area contributed by atoms with E-state index in [1.165, 1.54) is 7.05 Å². The van der Waals surface area contributed by atoms with E-state index >= 15 is 0 Å². The molecule has 0 aliphatic rings. The number of halogens is 4. The molecule has 1 aromatic heterocycles. The Morgan fingerprint density at radius 3 is 2.50 bits per heavy atom. The van der Waals surface area contributed by atoms with Crippen LogP contribution in [0.25, 0.3) is 0 Å². The first-order chi connectivity index (χ1) is 11.1. The van der Waals surface area contributed by atoms with Crippen molar-refractivity contribution in [3.05, 3.63) is 50.7 Å². The monoisotopic (exact) mass is 416 g/mol. The van der Waals surface area contributed by atoms with Crippen molar-refractivity contribution in [2.45, 2.75) is 23.4 Å². The van der Waals surface area contributed by atoms with Gasteiger partial charge in [-0.05, 0) is 18.6 Å². The molecule has 0 saturated carbocycles. The lowest BCUT2D eigenvalue weighted by Crippen LogP contribution is -2.39. The molecule has 24 heavy (non-hydrogen) atoms. The zero-order valence-electron chi connectivity index (χ0n) is 12.8. The average Bonchev–Trinajstić information content (AvgIpc) is 2.50. The number of alkyl halides is 3. The van der Waals surface area contributed by atoms with E-state index in [1.54, 1.807) is 30.2 Å². The molecule has 1 rings (SSSR count). The van der Waals surface area contributed by atoms with Crippen molar-refractivity contribution >= 4 is 46.4 Å². The summed E-state index contributed by atoms with van der Waals surface area (Å²) in [5, 5.41) is 24.5. The fraction of sp³-hybridized carbons (Fsp3) is 0.462. The van der Waals surface area contributed by atoms with Crippen LogP contribution in [0.1, 0.15) is 12.5 Å². The van der Waals surface area contributed by atoms with Crippen LogP contribution in [0.3, 0.4) is 0 Å². The third-order valence-corrected chi connectivity index (χ3v) is 3.95. The highest BCUT2D eigenvalue weighted by Crippen LogP contribution is 2.35. The standard InChI is InChI=1S/C13H16Cl4N4O3/c1-3-20(7-8-4-5-9(14)19-6-8)12(18-2)10(21(23)24)11(22)13(15,16)17/h4-6,11,18,22H,3,7H2,1-2H3/b12-10-. The Morgan fingerprint density at radius 1 is 1.50 bits per heavy atom. The van der Waals surface area contributed by atoms with Crippen LogP contribution in [0.5, 0.6) is 0 Å². The molecule has 0 radical (unpaired) electrons. The van der Waals surface area contributed by atoms with Crippen LogP contribution < -0.4 is 5.32 Å². The summed E-state index contributed by atoms with van der Waals surface area (Å²) in [7, 11) is 1.48. The maximum atomic E-state index is 11.4. The van der Waals surface area contributed by atoms with Crippen molar-refractivity contribution < 1.29 is 10.0 Å². The molecule has 0 aliphatic carbocycles. The maximum Gasteiger partial charge on any atom is 0.318 e. The van der Waals surface area contributed by atoms with Gasteiger partial charge in [-0.1, -0.05) is 52.5 Å². The van der Waals surface area contributed by atoms with Gasteiger partial charge in [0.2, 0.25) is 3.79 Å². The van der Waals surface area contributed by atoms with Crippen LogP contribution in [0, 0.1) is 10.1 Å². The molecule has 0 spiro atoms. The minimum Gasteiger partial charge on any atom is -0.378 e. The zero-order valence-corrected chi connectivity index (χ0v) is 15.9. The molecule has 0 amide bonds. The van der Waals surface area contributed by atoms with Gasteiger partial charge in [-0.25, -0.2) is 4.98 Å². The molecule has 0 aromatic carbocycles. The molecule has 1 heterocycles. The van der Waals surface area contributed by atoms with E-state index in [0.717, 1.165) is 5.56 Å². The molecule has 7 nitrogen and oxygen atoms in total. The first kappa shape index (κ1) is 21.1. The number of rotatable bonds is 7. The molecule has 0 fully saturated rings. The average molecular weight is 418 g/mol. The third kappa shape index (κ3) is 5.53. The SMILES string of the molecule is CCN(Cc1ccc(Cl)nc1)/C(NC)=C(/C(O)C(Cl)(Cl)Cl)[N+](=O)[O-]. The van der Waals surface area contributed by atoms with Gasteiger partial charge in [0.05, 0.1) is 4.92 Å². The molecule has 1 atom stereocenters.